The molecule has 1 unspecified atom stereocenters. The summed E-state index contributed by atoms with van der Waals surface area (Å²) in [6.45, 7) is 3.82. The van der Waals surface area contributed by atoms with Crippen LogP contribution >= 0.6 is 34.5 Å². The lowest BCUT2D eigenvalue weighted by Crippen LogP contribution is -2.29. The second-order valence-corrected chi connectivity index (χ2v) is 9.06. The summed E-state index contributed by atoms with van der Waals surface area (Å²) in [5.74, 6) is -0.377. The van der Waals surface area contributed by atoms with Gasteiger partial charge in [-0.15, -0.1) is 11.3 Å². The molecule has 150 valence electrons. The predicted octanol–water partition coefficient (Wildman–Crippen LogP) is 5.92. The standard InChI is InChI=1S/C22H14Cl2N2O3S/c1-10-11(2)30-22(25-10)26-18(12-7-8-14(23)15(24)9-12)17-19(27)13-5-3-4-6-16(13)29-20(17)21(26)28/h3-9,18H,1-2H3. The van der Waals surface area contributed by atoms with E-state index in [0.29, 0.717) is 31.7 Å². The van der Waals surface area contributed by atoms with Crippen LogP contribution < -0.4 is 10.3 Å². The van der Waals surface area contributed by atoms with Crippen molar-refractivity contribution in [1.29, 1.82) is 0 Å². The van der Waals surface area contributed by atoms with Crippen molar-refractivity contribution in [2.45, 2.75) is 19.9 Å². The van der Waals surface area contributed by atoms with E-state index in [1.165, 1.54) is 16.2 Å². The van der Waals surface area contributed by atoms with E-state index in [4.69, 9.17) is 27.6 Å². The predicted molar refractivity (Wildman–Crippen MR) is 119 cm³/mol. The van der Waals surface area contributed by atoms with Gasteiger partial charge < -0.3 is 4.42 Å². The SMILES string of the molecule is Cc1nc(N2C(=O)c3oc4ccccc4c(=O)c3C2c2ccc(Cl)c(Cl)c2)sc1C. The monoisotopic (exact) mass is 456 g/mol. The summed E-state index contributed by atoms with van der Waals surface area (Å²) < 4.78 is 5.92. The molecule has 2 aromatic heterocycles. The first-order valence-corrected chi connectivity index (χ1v) is 10.7. The van der Waals surface area contributed by atoms with E-state index in [1.807, 2.05) is 13.8 Å². The lowest BCUT2D eigenvalue weighted by Gasteiger charge is -2.22. The summed E-state index contributed by atoms with van der Waals surface area (Å²) >= 11 is 13.8. The highest BCUT2D eigenvalue weighted by Crippen LogP contribution is 2.43. The second-order valence-electron chi connectivity index (χ2n) is 7.06. The number of fused-ring (bicyclic) bond motifs is 2. The van der Waals surface area contributed by atoms with E-state index in [9.17, 15) is 9.59 Å². The molecule has 30 heavy (non-hydrogen) atoms. The highest BCUT2D eigenvalue weighted by molar-refractivity contribution is 7.15. The summed E-state index contributed by atoms with van der Waals surface area (Å²) in [4.78, 5) is 34.0. The van der Waals surface area contributed by atoms with Gasteiger partial charge >= 0.3 is 0 Å². The number of amides is 1. The fourth-order valence-corrected chi connectivity index (χ4v) is 4.92. The number of halogens is 2. The number of para-hydroxylation sites is 1. The fourth-order valence-electron chi connectivity index (χ4n) is 3.67. The quantitative estimate of drug-likeness (QED) is 0.375. The number of carbonyl (C=O) groups is 1. The molecule has 0 N–H and O–H groups in total. The minimum absolute atomic E-state index is 0.0280. The van der Waals surface area contributed by atoms with Gasteiger partial charge in [0.05, 0.1) is 32.7 Å². The molecule has 1 atom stereocenters. The summed E-state index contributed by atoms with van der Waals surface area (Å²) in [5, 5.41) is 1.65. The van der Waals surface area contributed by atoms with Crippen LogP contribution in [0.15, 0.2) is 51.7 Å². The number of carbonyl (C=O) groups excluding carboxylic acids is 1. The number of aromatic nitrogens is 1. The van der Waals surface area contributed by atoms with Crippen LogP contribution in [0.2, 0.25) is 10.0 Å². The summed E-state index contributed by atoms with van der Waals surface area (Å²) in [6.07, 6.45) is 0. The van der Waals surface area contributed by atoms with Gasteiger partial charge in [0.25, 0.3) is 5.91 Å². The number of hydrogen-bond donors (Lipinski definition) is 0. The van der Waals surface area contributed by atoms with Crippen LogP contribution in [0.25, 0.3) is 11.0 Å². The van der Waals surface area contributed by atoms with Gasteiger partial charge in [0.15, 0.2) is 10.6 Å². The van der Waals surface area contributed by atoms with Crippen LogP contribution in [0.3, 0.4) is 0 Å². The molecule has 0 fully saturated rings. The molecular weight excluding hydrogens is 443 g/mol. The zero-order valence-corrected chi connectivity index (χ0v) is 18.2. The van der Waals surface area contributed by atoms with Gasteiger partial charge in [-0.2, -0.15) is 0 Å². The average molecular weight is 457 g/mol. The molecule has 0 saturated heterocycles. The van der Waals surface area contributed by atoms with Crippen molar-refractivity contribution >= 4 is 56.5 Å². The third-order valence-corrected chi connectivity index (χ3v) is 7.07. The molecule has 3 heterocycles. The summed E-state index contributed by atoms with van der Waals surface area (Å²) in [6, 6.07) is 11.3. The minimum Gasteiger partial charge on any atom is -0.450 e. The first-order valence-electron chi connectivity index (χ1n) is 9.15. The van der Waals surface area contributed by atoms with E-state index in [0.717, 1.165) is 10.6 Å². The van der Waals surface area contributed by atoms with Crippen molar-refractivity contribution in [3.05, 3.63) is 90.2 Å². The molecule has 8 heteroatoms. The van der Waals surface area contributed by atoms with Gasteiger partial charge in [0.2, 0.25) is 5.76 Å². The van der Waals surface area contributed by atoms with Crippen molar-refractivity contribution in [3.8, 4) is 0 Å². The molecule has 1 aliphatic heterocycles. The Morgan fingerprint density at radius 1 is 1.07 bits per heavy atom. The van der Waals surface area contributed by atoms with Crippen LogP contribution in [-0.2, 0) is 0 Å². The van der Waals surface area contributed by atoms with Crippen LogP contribution in [0, 0.1) is 13.8 Å². The van der Waals surface area contributed by atoms with E-state index in [1.54, 1.807) is 42.5 Å². The van der Waals surface area contributed by atoms with E-state index in [2.05, 4.69) is 4.98 Å². The molecule has 1 aliphatic rings. The third kappa shape index (κ3) is 2.79. The fraction of sp³-hybridized carbons (Fsp3) is 0.136. The van der Waals surface area contributed by atoms with Crippen molar-refractivity contribution in [1.82, 2.24) is 4.98 Å². The number of hydrogen-bond acceptors (Lipinski definition) is 5. The van der Waals surface area contributed by atoms with Gasteiger partial charge in [0, 0.05) is 4.88 Å². The number of rotatable bonds is 2. The normalized spacial score (nSPS) is 15.8. The zero-order valence-electron chi connectivity index (χ0n) is 15.9. The molecule has 2 aromatic carbocycles. The Labute approximate surface area is 185 Å². The Hall–Kier alpha value is -2.67. The molecule has 0 aliphatic carbocycles. The van der Waals surface area contributed by atoms with E-state index < -0.39 is 11.9 Å². The van der Waals surface area contributed by atoms with Crippen LogP contribution in [0.4, 0.5) is 5.13 Å². The van der Waals surface area contributed by atoms with Crippen molar-refractivity contribution in [2.24, 2.45) is 0 Å². The molecule has 0 radical (unpaired) electrons. The third-order valence-electron chi connectivity index (χ3n) is 5.26. The van der Waals surface area contributed by atoms with Crippen molar-refractivity contribution in [3.63, 3.8) is 0 Å². The number of benzene rings is 2. The van der Waals surface area contributed by atoms with Gasteiger partial charge in [-0.3, -0.25) is 14.5 Å². The maximum atomic E-state index is 13.5. The molecule has 0 saturated carbocycles. The number of thiazole rings is 1. The Kier molecular flexibility index (Phi) is 4.47. The Balaban J connectivity index is 1.83. The Morgan fingerprint density at radius 2 is 1.83 bits per heavy atom. The molecule has 4 aromatic rings. The largest absolute Gasteiger partial charge is 0.450 e. The molecule has 0 spiro atoms. The number of nitrogens with zero attached hydrogens (tertiary/aromatic N) is 2. The summed E-state index contributed by atoms with van der Waals surface area (Å²) in [7, 11) is 0. The zero-order chi connectivity index (χ0) is 21.2. The van der Waals surface area contributed by atoms with E-state index in [-0.39, 0.29) is 16.8 Å². The lowest BCUT2D eigenvalue weighted by atomic mass is 9.99. The molecule has 0 bridgehead atoms. The van der Waals surface area contributed by atoms with Crippen LogP contribution in [0.1, 0.15) is 38.3 Å². The van der Waals surface area contributed by atoms with Crippen molar-refractivity contribution < 1.29 is 9.21 Å². The Bertz CT molecular complexity index is 1390. The van der Waals surface area contributed by atoms with Gasteiger partial charge in [-0.1, -0.05) is 41.4 Å². The summed E-state index contributed by atoms with van der Waals surface area (Å²) in [5.41, 5.74) is 1.89. The highest BCUT2D eigenvalue weighted by Gasteiger charge is 2.45. The van der Waals surface area contributed by atoms with E-state index >= 15 is 0 Å². The smallest absolute Gasteiger partial charge is 0.297 e. The maximum absolute atomic E-state index is 13.5. The van der Waals surface area contributed by atoms with Crippen LogP contribution in [0.5, 0.6) is 0 Å². The topological polar surface area (TPSA) is 63.4 Å². The van der Waals surface area contributed by atoms with Crippen molar-refractivity contribution in [2.75, 3.05) is 4.90 Å². The number of aryl methyl sites for hydroxylation is 2. The van der Waals surface area contributed by atoms with Gasteiger partial charge in [0.1, 0.15) is 5.58 Å². The number of anilines is 1. The molecule has 5 rings (SSSR count). The molecule has 1 amide bonds. The Morgan fingerprint density at radius 3 is 2.53 bits per heavy atom. The maximum Gasteiger partial charge on any atom is 0.297 e. The lowest BCUT2D eigenvalue weighted by molar-refractivity contribution is 0.0971. The highest BCUT2D eigenvalue weighted by atomic mass is 35.5. The van der Waals surface area contributed by atoms with Gasteiger partial charge in [-0.05, 0) is 43.7 Å². The van der Waals surface area contributed by atoms with Gasteiger partial charge in [-0.25, -0.2) is 4.98 Å². The first kappa shape index (κ1) is 19.3. The molecule has 5 nitrogen and oxygen atoms in total. The molecular formula is C22H14Cl2N2O3S. The second kappa shape index (κ2) is 6.94. The average Bonchev–Trinajstić information content (AvgIpc) is 3.21. The van der Waals surface area contributed by atoms with Crippen LogP contribution in [-0.4, -0.2) is 10.9 Å². The first-order chi connectivity index (χ1) is 14.4. The minimum atomic E-state index is -0.715.